The predicted octanol–water partition coefficient (Wildman–Crippen LogP) is -1.80. The van der Waals surface area contributed by atoms with Crippen molar-refractivity contribution in [2.45, 2.75) is 6.92 Å². The summed E-state index contributed by atoms with van der Waals surface area (Å²) in [7, 11) is 0. The molecule has 1 fully saturated rings. The average molecular weight is 171 g/mol. The standard InChI is InChI=1S/C7H13N3O2/c1-7(3-9-4-7)6(12)10-2-5(8)11/h9H,2-4H2,1H3,(H2,8,11)(H,10,12). The Morgan fingerprint density at radius 2 is 2.17 bits per heavy atom. The molecule has 0 aliphatic carbocycles. The Balaban J connectivity index is 2.33. The van der Waals surface area contributed by atoms with Crippen molar-refractivity contribution in [2.24, 2.45) is 11.1 Å². The molecule has 5 heteroatoms. The molecule has 68 valence electrons. The Morgan fingerprint density at radius 3 is 2.50 bits per heavy atom. The van der Waals surface area contributed by atoms with Crippen LogP contribution in [0.4, 0.5) is 0 Å². The van der Waals surface area contributed by atoms with Gasteiger partial charge in [0.1, 0.15) is 0 Å². The van der Waals surface area contributed by atoms with E-state index in [0.29, 0.717) is 13.1 Å². The highest BCUT2D eigenvalue weighted by atomic mass is 16.2. The van der Waals surface area contributed by atoms with E-state index in [2.05, 4.69) is 10.6 Å². The number of carbonyl (C=O) groups excluding carboxylic acids is 2. The summed E-state index contributed by atoms with van der Waals surface area (Å²) >= 11 is 0. The van der Waals surface area contributed by atoms with Crippen molar-refractivity contribution in [2.75, 3.05) is 19.6 Å². The molecule has 2 amide bonds. The molecule has 0 aromatic carbocycles. The van der Waals surface area contributed by atoms with Gasteiger partial charge < -0.3 is 16.4 Å². The summed E-state index contributed by atoms with van der Waals surface area (Å²) in [5, 5.41) is 5.46. The van der Waals surface area contributed by atoms with E-state index >= 15 is 0 Å². The minimum absolute atomic E-state index is 0.0750. The average Bonchev–Trinajstić information content (AvgIpc) is 1.95. The fourth-order valence-corrected chi connectivity index (χ4v) is 1.04. The molecule has 1 aliphatic heterocycles. The smallest absolute Gasteiger partial charge is 0.236 e. The molecular weight excluding hydrogens is 158 g/mol. The lowest BCUT2D eigenvalue weighted by Crippen LogP contribution is -2.60. The van der Waals surface area contributed by atoms with Crippen molar-refractivity contribution in [3.05, 3.63) is 0 Å². The lowest BCUT2D eigenvalue weighted by Gasteiger charge is -2.37. The molecule has 0 radical (unpaired) electrons. The highest BCUT2D eigenvalue weighted by Crippen LogP contribution is 2.20. The number of carbonyl (C=O) groups is 2. The molecule has 1 aliphatic rings. The van der Waals surface area contributed by atoms with Crippen LogP contribution < -0.4 is 16.4 Å². The molecule has 1 heterocycles. The molecule has 0 saturated carbocycles. The molecule has 5 nitrogen and oxygen atoms in total. The number of nitrogens with two attached hydrogens (primary N) is 1. The van der Waals surface area contributed by atoms with Crippen LogP contribution in [0.15, 0.2) is 0 Å². The molecule has 0 bridgehead atoms. The summed E-state index contributed by atoms with van der Waals surface area (Å²) in [4.78, 5) is 21.6. The third-order valence-corrected chi connectivity index (χ3v) is 2.00. The van der Waals surface area contributed by atoms with Gasteiger partial charge in [-0.05, 0) is 6.92 Å². The quantitative estimate of drug-likeness (QED) is 0.468. The van der Waals surface area contributed by atoms with Crippen molar-refractivity contribution >= 4 is 11.8 Å². The second kappa shape index (κ2) is 3.10. The van der Waals surface area contributed by atoms with Gasteiger partial charge in [0.25, 0.3) is 0 Å². The molecule has 0 spiro atoms. The Hall–Kier alpha value is -1.10. The Bertz CT molecular complexity index is 211. The maximum atomic E-state index is 11.3. The molecule has 1 saturated heterocycles. The van der Waals surface area contributed by atoms with Crippen LogP contribution in [0.25, 0.3) is 0 Å². The Morgan fingerprint density at radius 1 is 1.58 bits per heavy atom. The van der Waals surface area contributed by atoms with Gasteiger partial charge in [-0.1, -0.05) is 0 Å². The highest BCUT2D eigenvalue weighted by Gasteiger charge is 2.39. The van der Waals surface area contributed by atoms with Gasteiger partial charge in [0.2, 0.25) is 11.8 Å². The molecule has 0 aromatic heterocycles. The van der Waals surface area contributed by atoms with E-state index in [1.54, 1.807) is 0 Å². The van der Waals surface area contributed by atoms with Gasteiger partial charge >= 0.3 is 0 Å². The fourth-order valence-electron chi connectivity index (χ4n) is 1.04. The topological polar surface area (TPSA) is 84.2 Å². The summed E-state index contributed by atoms with van der Waals surface area (Å²) < 4.78 is 0. The minimum atomic E-state index is -0.515. The molecule has 4 N–H and O–H groups in total. The van der Waals surface area contributed by atoms with Crippen LogP contribution in [0.2, 0.25) is 0 Å². The lowest BCUT2D eigenvalue weighted by atomic mass is 9.83. The summed E-state index contributed by atoms with van der Waals surface area (Å²) in [5.74, 6) is -0.626. The fraction of sp³-hybridized carbons (Fsp3) is 0.714. The zero-order chi connectivity index (χ0) is 9.19. The van der Waals surface area contributed by atoms with Gasteiger partial charge in [0.15, 0.2) is 0 Å². The summed E-state index contributed by atoms with van der Waals surface area (Å²) in [6.45, 7) is 3.10. The number of nitrogens with one attached hydrogen (secondary N) is 2. The first-order valence-corrected chi connectivity index (χ1v) is 3.82. The van der Waals surface area contributed by atoms with Crippen LogP contribution in [-0.4, -0.2) is 31.4 Å². The molecule has 1 rings (SSSR count). The van der Waals surface area contributed by atoms with Crippen molar-refractivity contribution in [3.8, 4) is 0 Å². The van der Waals surface area contributed by atoms with Gasteiger partial charge in [0.05, 0.1) is 12.0 Å². The summed E-state index contributed by atoms with van der Waals surface area (Å²) in [6, 6.07) is 0. The van der Waals surface area contributed by atoms with Crippen LogP contribution in [0.3, 0.4) is 0 Å². The molecular formula is C7H13N3O2. The SMILES string of the molecule is CC1(C(=O)NCC(N)=O)CNC1. The molecule has 12 heavy (non-hydrogen) atoms. The predicted molar refractivity (Wildman–Crippen MR) is 43.2 cm³/mol. The van der Waals surface area contributed by atoms with Crippen LogP contribution in [0, 0.1) is 5.41 Å². The van der Waals surface area contributed by atoms with E-state index in [4.69, 9.17) is 5.73 Å². The van der Waals surface area contributed by atoms with E-state index in [1.165, 1.54) is 0 Å². The van der Waals surface area contributed by atoms with Crippen LogP contribution in [0.1, 0.15) is 6.92 Å². The van der Waals surface area contributed by atoms with Gasteiger partial charge in [-0.25, -0.2) is 0 Å². The molecule has 0 aromatic rings. The van der Waals surface area contributed by atoms with Crippen LogP contribution in [-0.2, 0) is 9.59 Å². The van der Waals surface area contributed by atoms with Gasteiger partial charge in [0, 0.05) is 13.1 Å². The number of rotatable bonds is 3. The van der Waals surface area contributed by atoms with Crippen molar-refractivity contribution < 1.29 is 9.59 Å². The first-order valence-electron chi connectivity index (χ1n) is 3.82. The zero-order valence-corrected chi connectivity index (χ0v) is 7.02. The van der Waals surface area contributed by atoms with E-state index in [9.17, 15) is 9.59 Å². The van der Waals surface area contributed by atoms with E-state index < -0.39 is 5.91 Å². The Kier molecular flexibility index (Phi) is 2.32. The van der Waals surface area contributed by atoms with Gasteiger partial charge in [-0.15, -0.1) is 0 Å². The second-order valence-electron chi connectivity index (χ2n) is 3.31. The van der Waals surface area contributed by atoms with Gasteiger partial charge in [-0.3, -0.25) is 9.59 Å². The highest BCUT2D eigenvalue weighted by molar-refractivity contribution is 5.88. The van der Waals surface area contributed by atoms with E-state index in [-0.39, 0.29) is 17.9 Å². The molecule has 0 unspecified atom stereocenters. The van der Waals surface area contributed by atoms with Crippen molar-refractivity contribution in [3.63, 3.8) is 0 Å². The zero-order valence-electron chi connectivity index (χ0n) is 7.02. The summed E-state index contributed by atoms with van der Waals surface area (Å²) in [5.41, 5.74) is 4.52. The Labute approximate surface area is 70.7 Å². The largest absolute Gasteiger partial charge is 0.368 e. The monoisotopic (exact) mass is 171 g/mol. The van der Waals surface area contributed by atoms with E-state index in [1.807, 2.05) is 6.92 Å². The van der Waals surface area contributed by atoms with Gasteiger partial charge in [-0.2, -0.15) is 0 Å². The van der Waals surface area contributed by atoms with Crippen LogP contribution in [0.5, 0.6) is 0 Å². The number of hydrogen-bond acceptors (Lipinski definition) is 3. The first kappa shape index (κ1) is 8.99. The van der Waals surface area contributed by atoms with E-state index in [0.717, 1.165) is 0 Å². The maximum absolute atomic E-state index is 11.3. The lowest BCUT2D eigenvalue weighted by molar-refractivity contribution is -0.134. The van der Waals surface area contributed by atoms with Crippen molar-refractivity contribution in [1.82, 2.24) is 10.6 Å². The number of primary amides is 1. The second-order valence-corrected chi connectivity index (χ2v) is 3.31. The molecule has 0 atom stereocenters. The van der Waals surface area contributed by atoms with Crippen molar-refractivity contribution in [1.29, 1.82) is 0 Å². The minimum Gasteiger partial charge on any atom is -0.368 e. The number of hydrogen-bond donors (Lipinski definition) is 3. The first-order chi connectivity index (χ1) is 5.54. The third kappa shape index (κ3) is 1.73. The normalized spacial score (nSPS) is 19.4. The maximum Gasteiger partial charge on any atom is 0.236 e. The third-order valence-electron chi connectivity index (χ3n) is 2.00. The van der Waals surface area contributed by atoms with Crippen LogP contribution >= 0.6 is 0 Å². The summed E-state index contributed by atoms with van der Waals surface area (Å²) in [6.07, 6.45) is 0. The number of amides is 2.